The summed E-state index contributed by atoms with van der Waals surface area (Å²) < 4.78 is 14.5. The molecule has 0 bridgehead atoms. The Balaban J connectivity index is 1.71. The van der Waals surface area contributed by atoms with Gasteiger partial charge in [0, 0.05) is 5.56 Å². The molecule has 1 heterocycles. The van der Waals surface area contributed by atoms with Gasteiger partial charge in [-0.2, -0.15) is 0 Å². The Morgan fingerprint density at radius 3 is 2.63 bits per heavy atom. The molecular formula is C18H17ClFN5OS. The first kappa shape index (κ1) is 19.2. The van der Waals surface area contributed by atoms with Gasteiger partial charge in [0.15, 0.2) is 5.82 Å². The minimum Gasteiger partial charge on any atom is -0.335 e. The molecule has 27 heavy (non-hydrogen) atoms. The normalized spacial score (nSPS) is 12.0. The molecule has 9 heteroatoms. The summed E-state index contributed by atoms with van der Waals surface area (Å²) in [6.45, 7) is 3.70. The highest BCUT2D eigenvalue weighted by molar-refractivity contribution is 8.00. The smallest absolute Gasteiger partial charge is 0.237 e. The van der Waals surface area contributed by atoms with E-state index in [-0.39, 0.29) is 10.9 Å². The number of hydrogen-bond acceptors (Lipinski definition) is 5. The molecule has 2 aromatic carbocycles. The van der Waals surface area contributed by atoms with Gasteiger partial charge in [-0.15, -0.1) is 10.2 Å². The average molecular weight is 406 g/mol. The Morgan fingerprint density at radius 1 is 1.26 bits per heavy atom. The Kier molecular flexibility index (Phi) is 5.67. The van der Waals surface area contributed by atoms with Crippen LogP contribution in [0.15, 0.2) is 47.6 Å². The number of rotatable bonds is 5. The van der Waals surface area contributed by atoms with Crippen LogP contribution in [0.25, 0.3) is 11.4 Å². The van der Waals surface area contributed by atoms with Crippen molar-refractivity contribution >= 4 is 35.0 Å². The van der Waals surface area contributed by atoms with Crippen LogP contribution in [0.5, 0.6) is 0 Å². The van der Waals surface area contributed by atoms with Crippen LogP contribution >= 0.6 is 23.4 Å². The summed E-state index contributed by atoms with van der Waals surface area (Å²) in [5, 5.41) is 10.8. The van der Waals surface area contributed by atoms with Gasteiger partial charge in [0.2, 0.25) is 11.1 Å². The molecule has 0 saturated heterocycles. The van der Waals surface area contributed by atoms with E-state index >= 15 is 0 Å². The summed E-state index contributed by atoms with van der Waals surface area (Å²) in [5.74, 6) is 5.81. The molecule has 0 radical (unpaired) electrons. The van der Waals surface area contributed by atoms with E-state index in [0.717, 1.165) is 29.0 Å². The van der Waals surface area contributed by atoms with Crippen molar-refractivity contribution in [1.82, 2.24) is 14.9 Å². The average Bonchev–Trinajstić information content (AvgIpc) is 2.98. The Labute approximate surface area is 164 Å². The van der Waals surface area contributed by atoms with Gasteiger partial charge in [0.25, 0.3) is 0 Å². The lowest BCUT2D eigenvalue weighted by Gasteiger charge is -2.12. The van der Waals surface area contributed by atoms with E-state index in [4.69, 9.17) is 17.4 Å². The van der Waals surface area contributed by atoms with Crippen LogP contribution in [-0.2, 0) is 4.79 Å². The zero-order valence-electron chi connectivity index (χ0n) is 14.6. The molecule has 0 fully saturated rings. The summed E-state index contributed by atoms with van der Waals surface area (Å²) in [6.07, 6.45) is 0. The molecule has 140 valence electrons. The van der Waals surface area contributed by atoms with E-state index in [1.807, 2.05) is 31.2 Å². The highest BCUT2D eigenvalue weighted by Gasteiger charge is 2.20. The highest BCUT2D eigenvalue weighted by atomic mass is 35.5. The summed E-state index contributed by atoms with van der Waals surface area (Å²) >= 11 is 7.10. The van der Waals surface area contributed by atoms with Crippen molar-refractivity contribution in [1.29, 1.82) is 0 Å². The van der Waals surface area contributed by atoms with Gasteiger partial charge in [0.05, 0.1) is 16.0 Å². The van der Waals surface area contributed by atoms with E-state index < -0.39 is 11.1 Å². The number of nitrogen functional groups attached to an aromatic ring is 1. The monoisotopic (exact) mass is 405 g/mol. The minimum atomic E-state index is -0.525. The van der Waals surface area contributed by atoms with Crippen LogP contribution in [0.1, 0.15) is 12.5 Å². The van der Waals surface area contributed by atoms with Crippen LogP contribution in [0, 0.1) is 12.7 Å². The zero-order chi connectivity index (χ0) is 19.6. The lowest BCUT2D eigenvalue weighted by Crippen LogP contribution is -2.23. The molecule has 6 nitrogen and oxygen atoms in total. The van der Waals surface area contributed by atoms with Gasteiger partial charge in [-0.1, -0.05) is 53.2 Å². The van der Waals surface area contributed by atoms with Crippen molar-refractivity contribution in [3.05, 3.63) is 58.9 Å². The zero-order valence-corrected chi connectivity index (χ0v) is 16.2. The SMILES string of the molecule is Cc1ccc(-c2nnc(SC(C)C(=O)Nc3ccc(F)cc3Cl)n2N)cc1. The number of nitrogens with two attached hydrogens (primary N) is 1. The molecule has 0 aliphatic carbocycles. The summed E-state index contributed by atoms with van der Waals surface area (Å²) in [6, 6.07) is 11.5. The number of aromatic nitrogens is 3. The quantitative estimate of drug-likeness (QED) is 0.497. The second-order valence-corrected chi connectivity index (χ2v) is 7.63. The first-order valence-electron chi connectivity index (χ1n) is 8.05. The van der Waals surface area contributed by atoms with E-state index in [2.05, 4.69) is 15.5 Å². The number of benzene rings is 2. The van der Waals surface area contributed by atoms with E-state index in [1.165, 1.54) is 16.8 Å². The molecule has 0 spiro atoms. The van der Waals surface area contributed by atoms with Crippen molar-refractivity contribution in [3.63, 3.8) is 0 Å². The number of nitrogens with zero attached hydrogens (tertiary/aromatic N) is 3. The lowest BCUT2D eigenvalue weighted by molar-refractivity contribution is -0.115. The maximum Gasteiger partial charge on any atom is 0.237 e. The topological polar surface area (TPSA) is 85.8 Å². The third kappa shape index (κ3) is 4.40. The number of anilines is 1. The third-order valence-corrected chi connectivity index (χ3v) is 5.18. The molecule has 1 aromatic heterocycles. The first-order valence-corrected chi connectivity index (χ1v) is 9.31. The number of carbonyl (C=O) groups is 1. The Bertz CT molecular complexity index is 976. The number of thioether (sulfide) groups is 1. The number of amides is 1. The van der Waals surface area contributed by atoms with Gasteiger partial charge in [-0.05, 0) is 32.0 Å². The molecule has 1 amide bonds. The third-order valence-electron chi connectivity index (χ3n) is 3.81. The molecule has 1 unspecified atom stereocenters. The highest BCUT2D eigenvalue weighted by Crippen LogP contribution is 2.27. The van der Waals surface area contributed by atoms with Crippen LogP contribution in [-0.4, -0.2) is 26.0 Å². The molecule has 0 saturated carbocycles. The maximum atomic E-state index is 13.1. The first-order chi connectivity index (χ1) is 12.8. The number of nitrogens with one attached hydrogen (secondary N) is 1. The number of hydrogen-bond donors (Lipinski definition) is 2. The van der Waals surface area contributed by atoms with Crippen LogP contribution in [0.4, 0.5) is 10.1 Å². The van der Waals surface area contributed by atoms with E-state index in [9.17, 15) is 9.18 Å². The van der Waals surface area contributed by atoms with Crippen LogP contribution in [0.2, 0.25) is 5.02 Å². The molecule has 0 aliphatic heterocycles. The molecule has 0 aliphatic rings. The summed E-state index contributed by atoms with van der Waals surface area (Å²) in [5.41, 5.74) is 2.30. The van der Waals surface area contributed by atoms with Gasteiger partial charge >= 0.3 is 0 Å². The lowest BCUT2D eigenvalue weighted by atomic mass is 10.1. The van der Waals surface area contributed by atoms with E-state index in [0.29, 0.717) is 16.7 Å². The second-order valence-electron chi connectivity index (χ2n) is 5.92. The Hall–Kier alpha value is -2.58. The van der Waals surface area contributed by atoms with Gasteiger partial charge in [0.1, 0.15) is 5.82 Å². The van der Waals surface area contributed by atoms with Crippen molar-refractivity contribution in [2.75, 3.05) is 11.2 Å². The standard InChI is InChI=1S/C18H17ClFN5OS/c1-10-3-5-12(6-4-10)16-23-24-18(25(16)21)27-11(2)17(26)22-15-8-7-13(20)9-14(15)19/h3-9,11H,21H2,1-2H3,(H,22,26). The fourth-order valence-electron chi connectivity index (χ4n) is 2.29. The second kappa shape index (κ2) is 7.98. The number of carbonyl (C=O) groups excluding carboxylic acids is 1. The number of halogens is 2. The largest absolute Gasteiger partial charge is 0.335 e. The van der Waals surface area contributed by atoms with Crippen molar-refractivity contribution in [2.45, 2.75) is 24.3 Å². The molecule has 1 atom stereocenters. The van der Waals surface area contributed by atoms with Crippen molar-refractivity contribution in [2.24, 2.45) is 0 Å². The van der Waals surface area contributed by atoms with Crippen LogP contribution in [0.3, 0.4) is 0 Å². The minimum absolute atomic E-state index is 0.129. The van der Waals surface area contributed by atoms with Crippen molar-refractivity contribution in [3.8, 4) is 11.4 Å². The fraction of sp³-hybridized carbons (Fsp3) is 0.167. The summed E-state index contributed by atoms with van der Waals surface area (Å²) in [4.78, 5) is 12.4. The molecular weight excluding hydrogens is 389 g/mol. The fourth-order valence-corrected chi connectivity index (χ4v) is 3.28. The van der Waals surface area contributed by atoms with Crippen molar-refractivity contribution < 1.29 is 9.18 Å². The molecule has 3 aromatic rings. The van der Waals surface area contributed by atoms with Gasteiger partial charge in [-0.3, -0.25) is 4.79 Å². The predicted molar refractivity (Wildman–Crippen MR) is 106 cm³/mol. The van der Waals surface area contributed by atoms with Crippen LogP contribution < -0.4 is 11.2 Å². The maximum absolute atomic E-state index is 13.1. The van der Waals surface area contributed by atoms with Gasteiger partial charge < -0.3 is 11.2 Å². The number of aryl methyl sites for hydroxylation is 1. The molecule has 3 N–H and O–H groups in total. The predicted octanol–water partition coefficient (Wildman–Crippen LogP) is 3.88. The van der Waals surface area contributed by atoms with E-state index in [1.54, 1.807) is 6.92 Å². The Morgan fingerprint density at radius 2 is 1.96 bits per heavy atom. The summed E-state index contributed by atoms with van der Waals surface area (Å²) in [7, 11) is 0. The van der Waals surface area contributed by atoms with Gasteiger partial charge in [-0.25, -0.2) is 9.07 Å². The molecule has 3 rings (SSSR count).